The molecular weight excluding hydrogens is 372 g/mol. The van der Waals surface area contributed by atoms with Crippen LogP contribution in [0.1, 0.15) is 42.4 Å². The van der Waals surface area contributed by atoms with Crippen LogP contribution in [0.5, 0.6) is 5.88 Å². The first-order valence-electron chi connectivity index (χ1n) is 8.78. The molecule has 0 atom stereocenters. The minimum Gasteiger partial charge on any atom is -0.494 e. The molecule has 1 amide bonds. The maximum Gasteiger partial charge on any atom is 0.291 e. The third-order valence-electron chi connectivity index (χ3n) is 4.65. The molecule has 29 heavy (non-hydrogen) atoms. The Hall–Kier alpha value is -4.13. The van der Waals surface area contributed by atoms with E-state index in [1.807, 2.05) is 0 Å². The van der Waals surface area contributed by atoms with Crippen molar-refractivity contribution in [2.45, 2.75) is 6.92 Å². The SMILES string of the molecule is Cc1ccoc1C(=O)Nc1cccc(C(=O)c2ccc3c(C=O)c(O)[nH]c3c2)c1. The third kappa shape index (κ3) is 3.29. The maximum atomic E-state index is 12.9. The average molecular weight is 388 g/mol. The molecule has 0 aliphatic heterocycles. The van der Waals surface area contributed by atoms with Gasteiger partial charge in [-0.05, 0) is 31.2 Å². The molecule has 0 saturated heterocycles. The number of carbonyl (C=O) groups excluding carboxylic acids is 3. The van der Waals surface area contributed by atoms with E-state index < -0.39 is 5.91 Å². The number of amides is 1. The lowest BCUT2D eigenvalue weighted by atomic mass is 10.0. The number of aldehydes is 1. The number of carbonyl (C=O) groups is 3. The van der Waals surface area contributed by atoms with Crippen LogP contribution in [0.3, 0.4) is 0 Å². The van der Waals surface area contributed by atoms with Gasteiger partial charge in [0, 0.05) is 33.3 Å². The standard InChI is InChI=1S/C22H16N2O5/c1-12-7-8-29-20(12)22(28)23-15-4-2-3-13(9-15)19(26)14-5-6-16-17(11-25)21(27)24-18(16)10-14/h2-11,24,27H,1H3,(H,23,28). The number of ketones is 1. The zero-order valence-corrected chi connectivity index (χ0v) is 15.4. The predicted molar refractivity (Wildman–Crippen MR) is 107 cm³/mol. The molecule has 0 saturated carbocycles. The zero-order chi connectivity index (χ0) is 20.5. The molecule has 0 bridgehead atoms. The van der Waals surface area contributed by atoms with Gasteiger partial charge >= 0.3 is 0 Å². The van der Waals surface area contributed by atoms with E-state index in [1.54, 1.807) is 55.5 Å². The first-order valence-corrected chi connectivity index (χ1v) is 8.78. The summed E-state index contributed by atoms with van der Waals surface area (Å²) in [6, 6.07) is 13.0. The van der Waals surface area contributed by atoms with Crippen molar-refractivity contribution in [2.75, 3.05) is 5.32 Å². The lowest BCUT2D eigenvalue weighted by Gasteiger charge is -2.07. The van der Waals surface area contributed by atoms with E-state index in [0.29, 0.717) is 39.6 Å². The average Bonchev–Trinajstić information content (AvgIpc) is 3.28. The van der Waals surface area contributed by atoms with Crippen molar-refractivity contribution in [2.24, 2.45) is 0 Å². The summed E-state index contributed by atoms with van der Waals surface area (Å²) < 4.78 is 5.18. The summed E-state index contributed by atoms with van der Waals surface area (Å²) in [6.07, 6.45) is 2.00. The number of aromatic hydroxyl groups is 1. The van der Waals surface area contributed by atoms with Gasteiger partial charge in [0.2, 0.25) is 0 Å². The van der Waals surface area contributed by atoms with Crippen molar-refractivity contribution < 1.29 is 23.9 Å². The number of benzene rings is 2. The van der Waals surface area contributed by atoms with Crippen molar-refractivity contribution in [1.82, 2.24) is 4.98 Å². The number of aryl methyl sites for hydroxylation is 1. The summed E-state index contributed by atoms with van der Waals surface area (Å²) in [4.78, 5) is 39.0. The number of H-pyrrole nitrogens is 1. The summed E-state index contributed by atoms with van der Waals surface area (Å²) in [6.45, 7) is 1.77. The van der Waals surface area contributed by atoms with Gasteiger partial charge in [-0.3, -0.25) is 14.4 Å². The second-order valence-corrected chi connectivity index (χ2v) is 6.56. The van der Waals surface area contributed by atoms with Gasteiger partial charge in [-0.2, -0.15) is 0 Å². The molecule has 0 spiro atoms. The highest BCUT2D eigenvalue weighted by molar-refractivity contribution is 6.12. The summed E-state index contributed by atoms with van der Waals surface area (Å²) in [5, 5.41) is 13.0. The second-order valence-electron chi connectivity index (χ2n) is 6.56. The highest BCUT2D eigenvalue weighted by atomic mass is 16.3. The van der Waals surface area contributed by atoms with E-state index in [4.69, 9.17) is 4.42 Å². The summed E-state index contributed by atoms with van der Waals surface area (Å²) in [5.41, 5.74) is 2.56. The minimum absolute atomic E-state index is 0.150. The Morgan fingerprint density at radius 2 is 1.90 bits per heavy atom. The Morgan fingerprint density at radius 1 is 1.10 bits per heavy atom. The number of furan rings is 1. The third-order valence-corrected chi connectivity index (χ3v) is 4.65. The van der Waals surface area contributed by atoms with E-state index in [1.165, 1.54) is 6.26 Å². The van der Waals surface area contributed by atoms with Crippen molar-refractivity contribution in [1.29, 1.82) is 0 Å². The van der Waals surface area contributed by atoms with Crippen LogP contribution in [-0.2, 0) is 0 Å². The Kier molecular flexibility index (Phi) is 4.48. The highest BCUT2D eigenvalue weighted by Gasteiger charge is 2.16. The molecule has 4 aromatic rings. The van der Waals surface area contributed by atoms with E-state index in [-0.39, 0.29) is 23.0 Å². The van der Waals surface area contributed by atoms with Crippen LogP contribution >= 0.6 is 0 Å². The van der Waals surface area contributed by atoms with Crippen molar-refractivity contribution >= 4 is 34.6 Å². The first-order chi connectivity index (χ1) is 14.0. The normalized spacial score (nSPS) is 10.8. The summed E-state index contributed by atoms with van der Waals surface area (Å²) in [7, 11) is 0. The van der Waals surface area contributed by atoms with Gasteiger partial charge in [0.05, 0.1) is 11.8 Å². The molecule has 2 heterocycles. The van der Waals surface area contributed by atoms with Gasteiger partial charge in [-0.15, -0.1) is 0 Å². The molecule has 0 unspecified atom stereocenters. The number of fused-ring (bicyclic) bond motifs is 1. The van der Waals surface area contributed by atoms with Gasteiger partial charge in [-0.1, -0.05) is 24.3 Å². The number of hydrogen-bond acceptors (Lipinski definition) is 5. The smallest absolute Gasteiger partial charge is 0.291 e. The molecule has 0 aliphatic rings. The maximum absolute atomic E-state index is 12.9. The fraction of sp³-hybridized carbons (Fsp3) is 0.0455. The van der Waals surface area contributed by atoms with Gasteiger partial charge in [-0.25, -0.2) is 0 Å². The number of anilines is 1. The number of hydrogen-bond donors (Lipinski definition) is 3. The van der Waals surface area contributed by atoms with Crippen molar-refractivity contribution in [3.8, 4) is 5.88 Å². The Balaban J connectivity index is 1.62. The number of nitrogens with one attached hydrogen (secondary N) is 2. The fourth-order valence-electron chi connectivity index (χ4n) is 3.16. The molecule has 2 aromatic heterocycles. The molecule has 0 radical (unpaired) electrons. The topological polar surface area (TPSA) is 112 Å². The summed E-state index contributed by atoms with van der Waals surface area (Å²) in [5.74, 6) is -0.692. The van der Waals surface area contributed by atoms with Gasteiger partial charge in [0.25, 0.3) is 5.91 Å². The van der Waals surface area contributed by atoms with E-state index in [9.17, 15) is 19.5 Å². The first kappa shape index (κ1) is 18.2. The van der Waals surface area contributed by atoms with E-state index in [2.05, 4.69) is 10.3 Å². The quantitative estimate of drug-likeness (QED) is 0.352. The zero-order valence-electron chi connectivity index (χ0n) is 15.4. The van der Waals surface area contributed by atoms with Crippen molar-refractivity contribution in [3.63, 3.8) is 0 Å². The molecule has 0 fully saturated rings. The van der Waals surface area contributed by atoms with E-state index in [0.717, 1.165) is 0 Å². The molecular formula is C22H16N2O5. The minimum atomic E-state index is -0.401. The van der Waals surface area contributed by atoms with Crippen LogP contribution in [0.2, 0.25) is 0 Å². The molecule has 3 N–H and O–H groups in total. The molecule has 2 aromatic carbocycles. The Labute approximate surface area is 165 Å². The van der Waals surface area contributed by atoms with Crippen LogP contribution in [0.4, 0.5) is 5.69 Å². The largest absolute Gasteiger partial charge is 0.494 e. The van der Waals surface area contributed by atoms with Crippen LogP contribution in [0.15, 0.2) is 59.2 Å². The number of aromatic amines is 1. The van der Waals surface area contributed by atoms with Crippen LogP contribution in [0.25, 0.3) is 10.9 Å². The lowest BCUT2D eigenvalue weighted by molar-refractivity contribution is 0.0993. The van der Waals surface area contributed by atoms with Gasteiger partial charge < -0.3 is 19.8 Å². The molecule has 0 aliphatic carbocycles. The fourth-order valence-corrected chi connectivity index (χ4v) is 3.16. The number of aromatic nitrogens is 1. The van der Waals surface area contributed by atoms with Crippen LogP contribution in [0, 0.1) is 6.92 Å². The monoisotopic (exact) mass is 388 g/mol. The number of rotatable bonds is 5. The molecule has 4 rings (SSSR count). The second kappa shape index (κ2) is 7.12. The summed E-state index contributed by atoms with van der Waals surface area (Å²) >= 11 is 0. The lowest BCUT2D eigenvalue weighted by Crippen LogP contribution is -2.12. The molecule has 144 valence electrons. The molecule has 7 heteroatoms. The van der Waals surface area contributed by atoms with E-state index >= 15 is 0 Å². The molecule has 7 nitrogen and oxygen atoms in total. The Bertz CT molecular complexity index is 1270. The Morgan fingerprint density at radius 3 is 2.62 bits per heavy atom. The van der Waals surface area contributed by atoms with Gasteiger partial charge in [0.1, 0.15) is 0 Å². The highest BCUT2D eigenvalue weighted by Crippen LogP contribution is 2.27. The van der Waals surface area contributed by atoms with Crippen molar-refractivity contribution in [3.05, 3.63) is 82.8 Å². The predicted octanol–water partition coefficient (Wildman–Crippen LogP) is 4.07. The van der Waals surface area contributed by atoms with Crippen LogP contribution in [-0.4, -0.2) is 28.1 Å². The van der Waals surface area contributed by atoms with Crippen LogP contribution < -0.4 is 5.32 Å². The van der Waals surface area contributed by atoms with Gasteiger partial charge in [0.15, 0.2) is 23.7 Å².